The van der Waals surface area contributed by atoms with Gasteiger partial charge in [-0.1, -0.05) is 0 Å². The number of rotatable bonds is 0. The average Bonchev–Trinajstić information content (AvgIpc) is 2.90. The van der Waals surface area contributed by atoms with E-state index in [1.54, 1.807) is 0 Å². The molecule has 0 aromatic carbocycles. The van der Waals surface area contributed by atoms with Gasteiger partial charge in [0.05, 0.1) is 0 Å². The zero-order chi connectivity index (χ0) is 16.1. The second kappa shape index (κ2) is 13.6. The van der Waals surface area contributed by atoms with E-state index in [-0.39, 0.29) is 0 Å². The van der Waals surface area contributed by atoms with Crippen molar-refractivity contribution in [3.8, 4) is 0 Å². The zero-order valence-corrected chi connectivity index (χ0v) is 12.4. The van der Waals surface area contributed by atoms with Crippen LogP contribution >= 0.6 is 19.8 Å². The summed E-state index contributed by atoms with van der Waals surface area (Å²) in [4.78, 5) is 0. The molecule has 19 heavy (non-hydrogen) atoms. The van der Waals surface area contributed by atoms with Gasteiger partial charge >= 0.3 is 58.2 Å². The summed E-state index contributed by atoms with van der Waals surface area (Å²) in [5, 5.41) is 0. The van der Waals surface area contributed by atoms with Crippen molar-refractivity contribution in [3.63, 3.8) is 0 Å². The average molecular weight is 492 g/mol. The first-order valence-electron chi connectivity index (χ1n) is 3.82. The Labute approximate surface area is 127 Å². The molecule has 0 bridgehead atoms. The maximum absolute atomic E-state index is 11.1. The molecule has 0 N–H and O–H groups in total. The van der Waals surface area contributed by atoms with E-state index in [0.29, 0.717) is 0 Å². The number of halogens is 8. The fourth-order valence-corrected chi connectivity index (χ4v) is 0.481. The van der Waals surface area contributed by atoms with Crippen LogP contribution in [0.1, 0.15) is 0 Å². The molecule has 0 unspecified atom stereocenters. The monoisotopic (exact) mass is 492 g/mol. The third kappa shape index (κ3) is 16.5. The SMILES string of the molecule is F[C-](C(F)(F)F)C(F)(F)F.[C-]#[O+].[CH]1[CH][CH][CH][CH]1.[Rh+2][I]. The Morgan fingerprint density at radius 1 is 0.789 bits per heavy atom. The third-order valence-corrected chi connectivity index (χ3v) is 1.05. The van der Waals surface area contributed by atoms with Gasteiger partial charge in [-0.3, -0.25) is 0 Å². The topological polar surface area (TPSA) is 19.9 Å². The van der Waals surface area contributed by atoms with Gasteiger partial charge in [0.15, 0.2) is 0 Å². The van der Waals surface area contributed by atoms with E-state index in [1.807, 2.05) is 51.9 Å². The van der Waals surface area contributed by atoms with E-state index in [0.717, 1.165) is 0 Å². The van der Waals surface area contributed by atoms with Crippen LogP contribution in [0.3, 0.4) is 0 Å². The van der Waals surface area contributed by atoms with Crippen LogP contribution in [0.25, 0.3) is 0 Å². The van der Waals surface area contributed by atoms with Crippen LogP contribution in [0.4, 0.5) is 30.7 Å². The number of alkyl halides is 6. The third-order valence-electron chi connectivity index (χ3n) is 1.05. The Morgan fingerprint density at radius 3 is 1.00 bits per heavy atom. The van der Waals surface area contributed by atoms with Gasteiger partial charge in [-0.2, -0.15) is 0 Å². The Morgan fingerprint density at radius 2 is 0.947 bits per heavy atom. The molecule has 0 heterocycles. The van der Waals surface area contributed by atoms with Gasteiger partial charge in [0.2, 0.25) is 0 Å². The fraction of sp³-hybridized carbons (Fsp3) is 0.222. The van der Waals surface area contributed by atoms with Crippen LogP contribution in [0.5, 0.6) is 0 Å². The molecule has 1 nitrogen and oxygen atoms in total. The van der Waals surface area contributed by atoms with Crippen molar-refractivity contribution in [2.24, 2.45) is 0 Å². The van der Waals surface area contributed by atoms with Crippen LogP contribution in [0.2, 0.25) is 0 Å². The molecule has 1 aliphatic rings. The van der Waals surface area contributed by atoms with Crippen LogP contribution in [0, 0.1) is 44.9 Å². The van der Waals surface area contributed by atoms with Gasteiger partial charge in [-0.15, -0.1) is 0 Å². The molecule has 1 rings (SSSR count). The summed E-state index contributed by atoms with van der Waals surface area (Å²) < 4.78 is 83.5. The molecule has 0 saturated heterocycles. The predicted molar refractivity (Wildman–Crippen MR) is 55.9 cm³/mol. The molecule has 10 heteroatoms. The van der Waals surface area contributed by atoms with Gasteiger partial charge in [0, 0.05) is 6.17 Å². The van der Waals surface area contributed by atoms with Crippen molar-refractivity contribution >= 4 is 19.8 Å². The summed E-state index contributed by atoms with van der Waals surface area (Å²) in [6, 6.07) is 0. The van der Waals surface area contributed by atoms with E-state index >= 15 is 0 Å². The van der Waals surface area contributed by atoms with E-state index in [9.17, 15) is 30.7 Å². The quantitative estimate of drug-likeness (QED) is 0.157. The summed E-state index contributed by atoms with van der Waals surface area (Å²) >= 11 is 4.56. The second-order valence-corrected chi connectivity index (χ2v) is 2.27. The first kappa shape index (κ1) is 24.6. The van der Waals surface area contributed by atoms with Gasteiger partial charge in [-0.05, 0) is 32.1 Å². The van der Waals surface area contributed by atoms with Crippen LogP contribution in [-0.4, -0.2) is 12.4 Å². The van der Waals surface area contributed by atoms with Crippen LogP contribution in [0.15, 0.2) is 0 Å². The molecular formula is C9H5F7IORh+. The molecule has 5 radical (unpaired) electrons. The summed E-state index contributed by atoms with van der Waals surface area (Å²) in [5.41, 5.74) is 0. The standard InChI is InChI=1S/C5H5.C3F7.CO.HI.Rh/c1-2-4-5-3-1;4-1(2(5,6)7)3(8,9)10;1-2;;/h1-5H;;;1H;/q;-1;;;+3/p-1. The molecule has 111 valence electrons. The van der Waals surface area contributed by atoms with Crippen molar-refractivity contribution in [3.05, 3.63) is 44.9 Å². The molecule has 1 saturated carbocycles. The molecular weight excluding hydrogens is 487 g/mol. The normalized spacial score (nSPS) is 14.3. The fourth-order valence-electron chi connectivity index (χ4n) is 0.481. The molecule has 1 fully saturated rings. The molecule has 0 spiro atoms. The summed E-state index contributed by atoms with van der Waals surface area (Å²) in [6.07, 6.45) is -5.80. The Kier molecular flexibility index (Phi) is 17.6. The van der Waals surface area contributed by atoms with Crippen LogP contribution < -0.4 is 0 Å². The van der Waals surface area contributed by atoms with E-state index in [1.165, 1.54) is 0 Å². The maximum atomic E-state index is 11.1. The molecule has 1 aliphatic carbocycles. The number of hydrogen-bond acceptors (Lipinski definition) is 0. The number of hydrogen-bond donors (Lipinski definition) is 0. The van der Waals surface area contributed by atoms with Gasteiger partial charge in [0.25, 0.3) is 0 Å². The van der Waals surface area contributed by atoms with Crippen molar-refractivity contribution in [2.45, 2.75) is 12.4 Å². The molecule has 0 aliphatic heterocycles. The first-order chi connectivity index (χ1) is 8.65. The van der Waals surface area contributed by atoms with Crippen molar-refractivity contribution in [1.29, 1.82) is 0 Å². The Hall–Kier alpha value is 0.603. The zero-order valence-electron chi connectivity index (χ0n) is 8.65. The summed E-state index contributed by atoms with van der Waals surface area (Å²) in [6.45, 7) is 4.50. The first-order valence-corrected chi connectivity index (χ1v) is 8.69. The van der Waals surface area contributed by atoms with Crippen molar-refractivity contribution < 1.29 is 50.2 Å². The summed E-state index contributed by atoms with van der Waals surface area (Å²) in [7, 11) is 0. The molecule has 0 aromatic heterocycles. The molecule has 0 amide bonds. The van der Waals surface area contributed by atoms with Crippen molar-refractivity contribution in [2.75, 3.05) is 0 Å². The van der Waals surface area contributed by atoms with E-state index in [4.69, 9.17) is 4.65 Å². The van der Waals surface area contributed by atoms with E-state index < -0.39 is 18.5 Å². The molecule has 0 atom stereocenters. The predicted octanol–water partition coefficient (Wildman–Crippen LogP) is 4.48. The van der Waals surface area contributed by atoms with E-state index in [2.05, 4.69) is 21.4 Å². The Bertz CT molecular complexity index is 191. The minimum absolute atomic E-state index is 2.00. The van der Waals surface area contributed by atoms with Gasteiger partial charge < -0.3 is 4.39 Å². The van der Waals surface area contributed by atoms with Gasteiger partial charge in [0.1, 0.15) is 0 Å². The van der Waals surface area contributed by atoms with Crippen molar-refractivity contribution in [1.82, 2.24) is 0 Å². The van der Waals surface area contributed by atoms with Gasteiger partial charge in [-0.25, -0.2) is 26.3 Å². The Balaban J connectivity index is -0.000000236. The minimum atomic E-state index is -5.93. The second-order valence-electron chi connectivity index (χ2n) is 2.27. The summed E-state index contributed by atoms with van der Waals surface area (Å²) in [5.74, 6) is 0. The van der Waals surface area contributed by atoms with Crippen LogP contribution in [-0.2, 0) is 19.4 Å². The molecule has 0 aromatic rings.